The van der Waals surface area contributed by atoms with E-state index in [9.17, 15) is 0 Å². The number of aromatic nitrogens is 2. The minimum atomic E-state index is -0.142. The first kappa shape index (κ1) is 17.4. The molecule has 25 heavy (non-hydrogen) atoms. The highest BCUT2D eigenvalue weighted by molar-refractivity contribution is 5.26. The lowest BCUT2D eigenvalue weighted by atomic mass is 10.1. The summed E-state index contributed by atoms with van der Waals surface area (Å²) in [5.74, 6) is 0. The van der Waals surface area contributed by atoms with Crippen molar-refractivity contribution in [3.05, 3.63) is 89.2 Å². The molecule has 0 aliphatic carbocycles. The molecular formula is C21H25N3O. The topological polar surface area (TPSA) is 41.1 Å². The number of hydrogen-bond acceptors (Lipinski definition) is 3. The van der Waals surface area contributed by atoms with E-state index in [1.807, 2.05) is 37.3 Å². The van der Waals surface area contributed by atoms with Gasteiger partial charge in [0.15, 0.2) is 0 Å². The molecule has 1 atom stereocenters. The van der Waals surface area contributed by atoms with Crippen molar-refractivity contribution in [3.63, 3.8) is 0 Å². The molecule has 4 heteroatoms. The lowest BCUT2D eigenvalue weighted by Crippen LogP contribution is -2.24. The van der Waals surface area contributed by atoms with Crippen LogP contribution in [0.25, 0.3) is 0 Å². The predicted molar refractivity (Wildman–Crippen MR) is 100 cm³/mol. The Balaban J connectivity index is 1.59. The van der Waals surface area contributed by atoms with Crippen LogP contribution in [0.2, 0.25) is 0 Å². The molecule has 0 aliphatic rings. The van der Waals surface area contributed by atoms with Crippen LogP contribution in [0.4, 0.5) is 0 Å². The number of ether oxygens (including phenoxy) is 1. The number of nitrogens with zero attached hydrogens (tertiary/aromatic N) is 2. The highest BCUT2D eigenvalue weighted by atomic mass is 16.5. The molecule has 1 N–H and O–H groups in total. The largest absolute Gasteiger partial charge is 0.366 e. The number of hydrogen-bond donors (Lipinski definition) is 1. The molecule has 0 aliphatic heterocycles. The summed E-state index contributed by atoms with van der Waals surface area (Å²) >= 11 is 0. The lowest BCUT2D eigenvalue weighted by Gasteiger charge is -2.20. The Labute approximate surface area is 149 Å². The summed E-state index contributed by atoms with van der Waals surface area (Å²) in [5, 5.41) is 7.40. The van der Waals surface area contributed by atoms with Crippen molar-refractivity contribution >= 4 is 0 Å². The average Bonchev–Trinajstić information content (AvgIpc) is 3.06. The van der Waals surface area contributed by atoms with Crippen molar-refractivity contribution in [2.75, 3.05) is 20.2 Å². The first-order chi connectivity index (χ1) is 12.2. The van der Waals surface area contributed by atoms with Crippen LogP contribution in [0.15, 0.2) is 66.7 Å². The van der Waals surface area contributed by atoms with Crippen LogP contribution >= 0.6 is 0 Å². The Morgan fingerprint density at radius 3 is 2.36 bits per heavy atom. The van der Waals surface area contributed by atoms with Crippen LogP contribution in [-0.4, -0.2) is 35.3 Å². The molecule has 0 bridgehead atoms. The number of likely N-dealkylation sites (N-methyl/N-ethyl adjacent to an activating group) is 1. The third-order valence-electron chi connectivity index (χ3n) is 4.15. The molecule has 0 amide bonds. The van der Waals surface area contributed by atoms with Crippen LogP contribution in [0.3, 0.4) is 0 Å². The average molecular weight is 335 g/mol. The van der Waals surface area contributed by atoms with Gasteiger partial charge in [-0.1, -0.05) is 60.7 Å². The van der Waals surface area contributed by atoms with Crippen molar-refractivity contribution in [2.45, 2.75) is 19.6 Å². The monoisotopic (exact) mass is 335 g/mol. The molecule has 2 aromatic carbocycles. The summed E-state index contributed by atoms with van der Waals surface area (Å²) in [6, 6.07) is 22.8. The van der Waals surface area contributed by atoms with Gasteiger partial charge in [0.1, 0.15) is 6.10 Å². The van der Waals surface area contributed by atoms with Crippen LogP contribution in [0.1, 0.15) is 28.6 Å². The number of aromatic amines is 1. The van der Waals surface area contributed by atoms with Crippen molar-refractivity contribution < 1.29 is 4.74 Å². The molecule has 0 unspecified atom stereocenters. The Kier molecular flexibility index (Phi) is 5.99. The highest BCUT2D eigenvalue weighted by Crippen LogP contribution is 2.24. The third-order valence-corrected chi connectivity index (χ3v) is 4.15. The van der Waals surface area contributed by atoms with E-state index < -0.39 is 0 Å². The van der Waals surface area contributed by atoms with E-state index >= 15 is 0 Å². The van der Waals surface area contributed by atoms with Crippen molar-refractivity contribution in [1.82, 2.24) is 15.1 Å². The van der Waals surface area contributed by atoms with Crippen molar-refractivity contribution in [3.8, 4) is 0 Å². The molecule has 4 nitrogen and oxygen atoms in total. The Morgan fingerprint density at radius 1 is 1.04 bits per heavy atom. The normalized spacial score (nSPS) is 12.4. The lowest BCUT2D eigenvalue weighted by molar-refractivity contribution is 0.0611. The first-order valence-corrected chi connectivity index (χ1v) is 8.63. The summed E-state index contributed by atoms with van der Waals surface area (Å²) in [4.78, 5) is 2.27. The maximum absolute atomic E-state index is 6.21. The second-order valence-corrected chi connectivity index (χ2v) is 6.36. The zero-order valence-electron chi connectivity index (χ0n) is 14.9. The number of nitrogens with one attached hydrogen (secondary N) is 1. The van der Waals surface area contributed by atoms with Gasteiger partial charge in [-0.15, -0.1) is 0 Å². The quantitative estimate of drug-likeness (QED) is 0.677. The summed E-state index contributed by atoms with van der Waals surface area (Å²) < 4.78 is 6.21. The van der Waals surface area contributed by atoms with Crippen molar-refractivity contribution in [2.24, 2.45) is 0 Å². The molecule has 3 aromatic rings. The summed E-state index contributed by atoms with van der Waals surface area (Å²) in [7, 11) is 2.12. The Hall–Kier alpha value is -2.43. The van der Waals surface area contributed by atoms with E-state index in [0.29, 0.717) is 6.61 Å². The van der Waals surface area contributed by atoms with Crippen LogP contribution in [-0.2, 0) is 11.3 Å². The Bertz CT molecular complexity index is 755. The van der Waals surface area contributed by atoms with E-state index in [2.05, 4.69) is 58.5 Å². The van der Waals surface area contributed by atoms with Gasteiger partial charge in [-0.25, -0.2) is 0 Å². The molecular weight excluding hydrogens is 310 g/mol. The van der Waals surface area contributed by atoms with Gasteiger partial charge in [-0.2, -0.15) is 5.10 Å². The van der Waals surface area contributed by atoms with E-state index in [1.54, 1.807) is 0 Å². The van der Waals surface area contributed by atoms with Gasteiger partial charge in [-0.05, 0) is 31.2 Å². The van der Waals surface area contributed by atoms with Crippen LogP contribution in [0.5, 0.6) is 0 Å². The zero-order valence-corrected chi connectivity index (χ0v) is 14.9. The molecule has 1 heterocycles. The molecule has 1 aromatic heterocycles. The molecule has 0 saturated carbocycles. The van der Waals surface area contributed by atoms with Crippen molar-refractivity contribution in [1.29, 1.82) is 0 Å². The van der Waals surface area contributed by atoms with Gasteiger partial charge in [0.05, 0.1) is 12.3 Å². The van der Waals surface area contributed by atoms with E-state index in [1.165, 1.54) is 5.56 Å². The van der Waals surface area contributed by atoms with Gasteiger partial charge in [-0.3, -0.25) is 10.00 Å². The molecule has 130 valence electrons. The maximum Gasteiger partial charge on any atom is 0.126 e. The van der Waals surface area contributed by atoms with Crippen LogP contribution in [0, 0.1) is 6.92 Å². The predicted octanol–water partition coefficient (Wildman–Crippen LogP) is 3.96. The number of benzene rings is 2. The van der Waals surface area contributed by atoms with Gasteiger partial charge in [0, 0.05) is 18.8 Å². The van der Waals surface area contributed by atoms with Gasteiger partial charge in [0.2, 0.25) is 0 Å². The van der Waals surface area contributed by atoms with E-state index in [-0.39, 0.29) is 6.10 Å². The molecule has 3 rings (SSSR count). The van der Waals surface area contributed by atoms with E-state index in [4.69, 9.17) is 4.74 Å². The van der Waals surface area contributed by atoms with Gasteiger partial charge in [0.25, 0.3) is 0 Å². The fourth-order valence-electron chi connectivity index (χ4n) is 2.85. The molecule has 0 spiro atoms. The summed E-state index contributed by atoms with van der Waals surface area (Å²) in [6.07, 6.45) is -0.142. The minimum Gasteiger partial charge on any atom is -0.366 e. The molecule has 0 radical (unpaired) electrons. The standard InChI is InChI=1S/C21H25N3O/c1-17-15-20(23-22-17)21(19-11-7-4-8-12-19)25-14-13-24(2)16-18-9-5-3-6-10-18/h3-12,15,21H,13-14,16H2,1-2H3,(H,22,23)/t21-/m1/s1. The summed E-state index contributed by atoms with van der Waals surface area (Å²) in [6.45, 7) is 4.43. The fourth-order valence-corrected chi connectivity index (χ4v) is 2.85. The third kappa shape index (κ3) is 5.02. The first-order valence-electron chi connectivity index (χ1n) is 8.63. The molecule has 0 fully saturated rings. The van der Waals surface area contributed by atoms with Gasteiger partial charge >= 0.3 is 0 Å². The smallest absolute Gasteiger partial charge is 0.126 e. The van der Waals surface area contributed by atoms with E-state index in [0.717, 1.165) is 30.0 Å². The second-order valence-electron chi connectivity index (χ2n) is 6.36. The fraction of sp³-hybridized carbons (Fsp3) is 0.286. The number of rotatable bonds is 8. The summed E-state index contributed by atoms with van der Waals surface area (Å²) in [5.41, 5.74) is 4.40. The minimum absolute atomic E-state index is 0.142. The second kappa shape index (κ2) is 8.60. The number of aryl methyl sites for hydroxylation is 1. The Morgan fingerprint density at radius 2 is 1.72 bits per heavy atom. The maximum atomic E-state index is 6.21. The number of H-pyrrole nitrogens is 1. The molecule has 0 saturated heterocycles. The highest BCUT2D eigenvalue weighted by Gasteiger charge is 2.17. The SMILES string of the molecule is Cc1cc([C@H](OCCN(C)Cc2ccccc2)c2ccccc2)n[nH]1. The van der Waals surface area contributed by atoms with Crippen LogP contribution < -0.4 is 0 Å². The van der Waals surface area contributed by atoms with Gasteiger partial charge < -0.3 is 4.74 Å². The zero-order chi connectivity index (χ0) is 17.5.